The average molecular weight is 777 g/mol. The third-order valence-electron chi connectivity index (χ3n) is 6.81. The zero-order valence-corrected chi connectivity index (χ0v) is 28.4. The summed E-state index contributed by atoms with van der Waals surface area (Å²) in [6.45, 7) is -0.890. The Morgan fingerprint density at radius 3 is 2.16 bits per heavy atom. The number of H-pyrrole nitrogens is 1. The Morgan fingerprint density at radius 2 is 1.58 bits per heavy atom. The quantitative estimate of drug-likeness (QED) is 0.0578. The van der Waals surface area contributed by atoms with Crippen LogP contribution in [-0.4, -0.2) is 93.2 Å². The Bertz CT molecular complexity index is 2530. The zero-order valence-electron chi connectivity index (χ0n) is 25.1. The molecule has 0 fully saturated rings. The number of carboxylic acids is 1. The van der Waals surface area contributed by atoms with E-state index in [2.05, 4.69) is 24.8 Å². The molecule has 0 unspecified atom stereocenters. The topological polar surface area (TPSA) is 319 Å². The van der Waals surface area contributed by atoms with E-state index in [1.165, 1.54) is 24.3 Å². The van der Waals surface area contributed by atoms with Gasteiger partial charge in [0.05, 0.1) is 34.0 Å². The maximum Gasteiger partial charge on any atom is 0.397 e. The van der Waals surface area contributed by atoms with Gasteiger partial charge in [0.25, 0.3) is 25.7 Å². The largest absolute Gasteiger partial charge is 0.476 e. The minimum Gasteiger partial charge on any atom is -0.476 e. The van der Waals surface area contributed by atoms with Crippen molar-refractivity contribution in [3.8, 4) is 5.69 Å². The Morgan fingerprint density at radius 1 is 0.920 bits per heavy atom. The molecule has 0 aliphatic heterocycles. The zero-order chi connectivity index (χ0) is 37.2. The van der Waals surface area contributed by atoms with Gasteiger partial charge in [0.1, 0.15) is 10.6 Å². The van der Waals surface area contributed by atoms with E-state index in [0.29, 0.717) is 10.2 Å². The van der Waals surface area contributed by atoms with E-state index in [1.54, 1.807) is 0 Å². The highest BCUT2D eigenvalue weighted by atomic mass is 32.3. The summed E-state index contributed by atoms with van der Waals surface area (Å²) in [5.41, 5.74) is -2.93. The number of sulfonamides is 1. The number of aromatic amines is 1. The third kappa shape index (κ3) is 8.62. The number of nitrogens with zero attached hydrogens (tertiary/aromatic N) is 5. The molecule has 1 aromatic heterocycles. The van der Waals surface area contributed by atoms with Crippen LogP contribution in [0.15, 0.2) is 84.7 Å². The van der Waals surface area contributed by atoms with Crippen molar-refractivity contribution < 1.29 is 56.9 Å². The molecule has 0 bridgehead atoms. The van der Waals surface area contributed by atoms with Crippen LogP contribution in [0.3, 0.4) is 0 Å². The van der Waals surface area contributed by atoms with Gasteiger partial charge in [0.2, 0.25) is 0 Å². The summed E-state index contributed by atoms with van der Waals surface area (Å²) in [5.74, 6) is -3.03. The van der Waals surface area contributed by atoms with E-state index in [9.17, 15) is 57.8 Å². The molecule has 0 aliphatic carbocycles. The minimum absolute atomic E-state index is 0.0888. The normalized spacial score (nSPS) is 12.8. The molecule has 0 radical (unpaired) electrons. The molecule has 4 N–H and O–H groups in total. The van der Waals surface area contributed by atoms with Crippen molar-refractivity contribution in [2.45, 2.75) is 16.2 Å². The first kappa shape index (κ1) is 37.9. The number of fused-ring (bicyclic) bond motifs is 1. The number of nitroso groups, excluding NO2 is 1. The van der Waals surface area contributed by atoms with Gasteiger partial charge in [-0.3, -0.25) is 19.0 Å². The van der Waals surface area contributed by atoms with Gasteiger partial charge in [-0.1, -0.05) is 24.3 Å². The fourth-order valence-electron chi connectivity index (χ4n) is 4.40. The summed E-state index contributed by atoms with van der Waals surface area (Å²) in [7, 11) is -17.1. The molecule has 21 nitrogen and oxygen atoms in total. The number of hydrogen-bond donors (Lipinski definition) is 4. The summed E-state index contributed by atoms with van der Waals surface area (Å²) in [6.07, 6.45) is -0.0942. The van der Waals surface area contributed by atoms with Crippen molar-refractivity contribution in [3.63, 3.8) is 0 Å². The van der Waals surface area contributed by atoms with Crippen molar-refractivity contribution in [1.82, 2.24) is 14.2 Å². The molecular formula is C25H24N6O15S4. The van der Waals surface area contributed by atoms with Gasteiger partial charge in [-0.25, -0.2) is 30.5 Å². The average Bonchev–Trinajstić information content (AvgIpc) is 3.36. The highest BCUT2D eigenvalue weighted by Crippen LogP contribution is 2.34. The number of aryl methyl sites for hydroxylation is 1. The Balaban J connectivity index is 1.69. The Hall–Kier alpha value is -4.92. The van der Waals surface area contributed by atoms with Crippen LogP contribution in [0.25, 0.3) is 16.5 Å². The maximum absolute atomic E-state index is 13.2. The van der Waals surface area contributed by atoms with E-state index in [1.807, 2.05) is 0 Å². The first-order chi connectivity index (χ1) is 23.1. The van der Waals surface area contributed by atoms with Crippen LogP contribution in [0.4, 0.5) is 11.4 Å². The van der Waals surface area contributed by atoms with Crippen molar-refractivity contribution >= 4 is 68.5 Å². The van der Waals surface area contributed by atoms with Crippen molar-refractivity contribution in [1.29, 1.82) is 0 Å². The lowest BCUT2D eigenvalue weighted by molar-refractivity contribution is 0.0690. The summed E-state index contributed by atoms with van der Waals surface area (Å²) in [4.78, 5) is 34.6. The fraction of sp³-hybridized carbons (Fsp3) is 0.200. The van der Waals surface area contributed by atoms with Crippen LogP contribution in [0.5, 0.6) is 0 Å². The fourth-order valence-corrected chi connectivity index (χ4v) is 7.58. The standard InChI is InChI=1S/C25H24N6O15S4/c1-30(29-35)48(38,39)12-10-15-2-8-19-16(14-15)3-9-20(23(19)49(40,41)42)26-27-21-22(25(33)34)28-31(24(21)32)17-4-6-18(7-5-17)47(36,37)13-11-46-50(43,44)45/h2-9,14,28H,10-13H2,1H3,(H,33,34)(H,40,41,42)(H,43,44,45). The SMILES string of the molecule is CN(N=O)S(=O)(=O)CCc1ccc2c(S(=O)(=O)O)c(N=Nc3c(C(=O)O)[nH]n(-c4ccc(S(=O)(=O)CCOS(=O)(=O)O)cc4)c3=O)ccc2c1. The van der Waals surface area contributed by atoms with Gasteiger partial charge in [0.15, 0.2) is 21.2 Å². The predicted octanol–water partition coefficient (Wildman–Crippen LogP) is 1.76. The van der Waals surface area contributed by atoms with Gasteiger partial charge in [-0.05, 0) is 47.7 Å². The molecule has 0 amide bonds. The lowest BCUT2D eigenvalue weighted by atomic mass is 10.0. The number of aromatic carboxylic acids is 1. The first-order valence-electron chi connectivity index (χ1n) is 13.4. The summed E-state index contributed by atoms with van der Waals surface area (Å²) >= 11 is 0. The molecule has 268 valence electrons. The molecule has 4 rings (SSSR count). The van der Waals surface area contributed by atoms with E-state index >= 15 is 0 Å². The lowest BCUT2D eigenvalue weighted by Crippen LogP contribution is -2.24. The van der Waals surface area contributed by atoms with Crippen LogP contribution >= 0.6 is 0 Å². The van der Waals surface area contributed by atoms with Crippen LogP contribution in [0.2, 0.25) is 0 Å². The van der Waals surface area contributed by atoms with Crippen LogP contribution in [0.1, 0.15) is 16.1 Å². The Kier molecular flexibility index (Phi) is 10.7. The summed E-state index contributed by atoms with van der Waals surface area (Å²) in [5, 5.41) is 21.8. The van der Waals surface area contributed by atoms with E-state index < -0.39 is 92.0 Å². The molecule has 1 heterocycles. The molecule has 25 heteroatoms. The maximum atomic E-state index is 13.2. The Labute approximate surface area is 282 Å². The number of azo groups is 1. The molecule has 0 aliphatic rings. The number of aromatic nitrogens is 2. The smallest absolute Gasteiger partial charge is 0.397 e. The minimum atomic E-state index is -5.04. The third-order valence-corrected chi connectivity index (χ3v) is 11.5. The number of benzene rings is 3. The molecular weight excluding hydrogens is 753 g/mol. The molecule has 0 saturated heterocycles. The van der Waals surface area contributed by atoms with Gasteiger partial charge < -0.3 is 5.11 Å². The predicted molar refractivity (Wildman–Crippen MR) is 172 cm³/mol. The van der Waals surface area contributed by atoms with Gasteiger partial charge >= 0.3 is 16.4 Å². The number of sulfone groups is 1. The molecule has 4 aromatic rings. The van der Waals surface area contributed by atoms with E-state index in [-0.39, 0.29) is 32.2 Å². The first-order valence-corrected chi connectivity index (χ1v) is 19.5. The highest BCUT2D eigenvalue weighted by molar-refractivity contribution is 7.91. The second-order valence-corrected chi connectivity index (χ2v) is 16.7. The monoisotopic (exact) mass is 776 g/mol. The number of carboxylic acid groups (broad SMARTS) is 1. The van der Waals surface area contributed by atoms with Crippen molar-refractivity contribution in [3.05, 3.63) is 81.1 Å². The molecule has 0 saturated carbocycles. The molecule has 0 atom stereocenters. The van der Waals surface area contributed by atoms with E-state index in [4.69, 9.17) is 4.55 Å². The lowest BCUT2D eigenvalue weighted by Gasteiger charge is -2.11. The second kappa shape index (κ2) is 14.1. The van der Waals surface area contributed by atoms with Crippen LogP contribution in [0, 0.1) is 4.91 Å². The molecule has 0 spiro atoms. The van der Waals surface area contributed by atoms with Crippen molar-refractivity contribution in [2.75, 3.05) is 25.2 Å². The molecule has 50 heavy (non-hydrogen) atoms. The van der Waals surface area contributed by atoms with Crippen LogP contribution in [-0.2, 0) is 51.0 Å². The van der Waals surface area contributed by atoms with Crippen LogP contribution < -0.4 is 5.56 Å². The van der Waals surface area contributed by atoms with Gasteiger partial charge in [-0.2, -0.15) is 21.2 Å². The number of nitrogens with one attached hydrogen (secondary N) is 1. The van der Waals surface area contributed by atoms with Crippen molar-refractivity contribution in [2.24, 2.45) is 15.5 Å². The highest BCUT2D eigenvalue weighted by Gasteiger charge is 2.24. The second-order valence-electron chi connectivity index (χ2n) is 10.1. The van der Waals surface area contributed by atoms with Gasteiger partial charge in [-0.15, -0.1) is 15.1 Å². The summed E-state index contributed by atoms with van der Waals surface area (Å²) in [6, 6.07) is 10.7. The number of rotatable bonds is 15. The summed E-state index contributed by atoms with van der Waals surface area (Å²) < 4.78 is 119. The number of carbonyl (C=O) groups is 1. The van der Waals surface area contributed by atoms with E-state index in [0.717, 1.165) is 37.4 Å². The number of hydrogen-bond acceptors (Lipinski definition) is 15. The molecule has 3 aromatic carbocycles. The van der Waals surface area contributed by atoms with Gasteiger partial charge in [0, 0.05) is 12.4 Å².